The fourth-order valence-electron chi connectivity index (χ4n) is 0.0976. The molecule has 0 aliphatic heterocycles. The normalized spacial score (nSPS) is 10.1. The van der Waals surface area contributed by atoms with Crippen molar-refractivity contribution in [2.45, 2.75) is 0 Å². The Morgan fingerprint density at radius 2 is 2.00 bits per heavy atom. The van der Waals surface area contributed by atoms with E-state index < -0.39 is 0 Å². The van der Waals surface area contributed by atoms with Crippen LogP contribution in [0.25, 0.3) is 0 Å². The molecule has 0 bridgehead atoms. The summed E-state index contributed by atoms with van der Waals surface area (Å²) in [6.45, 7) is 0. The molecular formula is C4H7ClLiNO. The van der Waals surface area contributed by atoms with Gasteiger partial charge in [0.1, 0.15) is 0 Å². The van der Waals surface area contributed by atoms with Crippen LogP contribution in [0.5, 0.6) is 0 Å². The summed E-state index contributed by atoms with van der Waals surface area (Å²) in [5.41, 5.74) is 1.00. The van der Waals surface area contributed by atoms with Crippen molar-refractivity contribution in [3.05, 3.63) is 11.4 Å². The van der Waals surface area contributed by atoms with Gasteiger partial charge in [0.2, 0.25) is 0 Å². The third-order valence-corrected chi connectivity index (χ3v) is 0.721. The maximum absolute atomic E-state index is 10.2. The van der Waals surface area contributed by atoms with E-state index in [0.717, 1.165) is 5.54 Å². The van der Waals surface area contributed by atoms with Crippen LogP contribution in [0.3, 0.4) is 0 Å². The van der Waals surface area contributed by atoms with E-state index in [9.17, 15) is 5.11 Å². The van der Waals surface area contributed by atoms with Crippen LogP contribution in [0.1, 0.15) is 0 Å². The van der Waals surface area contributed by atoms with E-state index in [1.165, 1.54) is 4.90 Å². The van der Waals surface area contributed by atoms with Gasteiger partial charge in [-0.15, -0.1) is 0 Å². The average molecular weight is 127 g/mol. The monoisotopic (exact) mass is 127 g/mol. The molecule has 0 saturated heterocycles. The van der Waals surface area contributed by atoms with Gasteiger partial charge < -0.3 is 10.0 Å². The average Bonchev–Trinajstić information content (AvgIpc) is 1.65. The van der Waals surface area contributed by atoms with Gasteiger partial charge in [-0.05, 0) is 5.88 Å². The minimum absolute atomic E-state index is 0. The maximum atomic E-state index is 10.2. The number of nitrogens with zero attached hydrogens (tertiary/aromatic N) is 1. The summed E-state index contributed by atoms with van der Waals surface area (Å²) in [7, 11) is 3.28. The van der Waals surface area contributed by atoms with Crippen molar-refractivity contribution in [3.8, 4) is 0 Å². The molecule has 0 aromatic rings. The van der Waals surface area contributed by atoms with Crippen molar-refractivity contribution < 1.29 is 24.0 Å². The molecule has 0 aliphatic rings. The van der Waals surface area contributed by atoms with E-state index in [4.69, 9.17) is 11.6 Å². The quantitative estimate of drug-likeness (QED) is 0.276. The second kappa shape index (κ2) is 5.37. The van der Waals surface area contributed by atoms with E-state index in [-0.39, 0.29) is 24.7 Å². The number of hydrogen-bond acceptors (Lipinski definition) is 2. The third kappa shape index (κ3) is 4.39. The summed E-state index contributed by atoms with van der Waals surface area (Å²) < 4.78 is 0. The van der Waals surface area contributed by atoms with Crippen molar-refractivity contribution in [2.24, 2.45) is 0 Å². The van der Waals surface area contributed by atoms with Crippen LogP contribution in [0.2, 0.25) is 0 Å². The van der Waals surface area contributed by atoms with Crippen LogP contribution in [0, 0.1) is 0 Å². The van der Waals surface area contributed by atoms with Crippen molar-refractivity contribution in [1.29, 1.82) is 0 Å². The van der Waals surface area contributed by atoms with Gasteiger partial charge in [0.05, 0.1) is 0 Å². The molecule has 4 heteroatoms. The van der Waals surface area contributed by atoms with Crippen LogP contribution in [0.15, 0.2) is 11.4 Å². The number of hydrogen-bond donors (Lipinski definition) is 0. The van der Waals surface area contributed by atoms with Crippen LogP contribution < -0.4 is 24.0 Å². The Kier molecular flexibility index (Phi) is 7.43. The van der Waals surface area contributed by atoms with Crippen LogP contribution in [-0.2, 0) is 0 Å². The maximum Gasteiger partial charge on any atom is 1.00 e. The van der Waals surface area contributed by atoms with Crippen molar-refractivity contribution in [2.75, 3.05) is 14.1 Å². The predicted octanol–water partition coefficient (Wildman–Crippen LogP) is -3.05. The third-order valence-electron chi connectivity index (χ3n) is 0.534. The molecule has 0 heterocycles. The van der Waals surface area contributed by atoms with Crippen LogP contribution in [0.4, 0.5) is 0 Å². The molecule has 0 aromatic heterocycles. The van der Waals surface area contributed by atoms with Gasteiger partial charge >= 0.3 is 18.9 Å². The first kappa shape index (κ1) is 11.1. The Labute approximate surface area is 66.3 Å². The van der Waals surface area contributed by atoms with E-state index >= 15 is 0 Å². The van der Waals surface area contributed by atoms with Crippen molar-refractivity contribution in [1.82, 2.24) is 4.90 Å². The molecule has 0 fully saturated rings. The largest absolute Gasteiger partial charge is 1.00 e. The molecule has 0 atom stereocenters. The molecule has 0 N–H and O–H groups in total. The molecule has 0 amide bonds. The Hall–Kier alpha value is 0.227. The summed E-state index contributed by atoms with van der Waals surface area (Å²) in [6.07, 6.45) is 0. The van der Waals surface area contributed by atoms with Gasteiger partial charge in [0, 0.05) is 19.6 Å². The van der Waals surface area contributed by atoms with E-state index in [2.05, 4.69) is 0 Å². The summed E-state index contributed by atoms with van der Waals surface area (Å²) in [5.74, 6) is -0.179. The number of halogens is 1. The SMILES string of the molecule is CN(C)/C([O-])=C\Cl.[Li+]. The van der Waals surface area contributed by atoms with Gasteiger partial charge in [0.15, 0.2) is 0 Å². The molecular weight excluding hydrogens is 120 g/mol. The Balaban J connectivity index is 0. The summed E-state index contributed by atoms with van der Waals surface area (Å²) in [4.78, 5) is 1.40. The number of rotatable bonds is 1. The van der Waals surface area contributed by atoms with Crippen LogP contribution >= 0.6 is 11.6 Å². The molecule has 0 rings (SSSR count). The first-order valence-electron chi connectivity index (χ1n) is 1.83. The van der Waals surface area contributed by atoms with E-state index in [1.54, 1.807) is 14.1 Å². The Morgan fingerprint density at radius 3 is 2.00 bits per heavy atom. The molecule has 0 unspecified atom stereocenters. The fraction of sp³-hybridized carbons (Fsp3) is 0.500. The zero-order valence-electron chi connectivity index (χ0n) is 5.31. The molecule has 2 nitrogen and oxygen atoms in total. The van der Waals surface area contributed by atoms with Crippen molar-refractivity contribution >= 4 is 11.6 Å². The van der Waals surface area contributed by atoms with Gasteiger partial charge in [-0.1, -0.05) is 11.6 Å². The summed E-state index contributed by atoms with van der Waals surface area (Å²) in [5, 5.41) is 10.2. The second-order valence-electron chi connectivity index (χ2n) is 1.34. The zero-order chi connectivity index (χ0) is 5.86. The first-order chi connectivity index (χ1) is 3.18. The fourth-order valence-corrected chi connectivity index (χ4v) is 0.293. The van der Waals surface area contributed by atoms with Gasteiger partial charge in [-0.25, -0.2) is 0 Å². The van der Waals surface area contributed by atoms with Gasteiger partial charge in [-0.3, -0.25) is 0 Å². The summed E-state index contributed by atoms with van der Waals surface area (Å²) in [6, 6.07) is 0. The molecule has 0 spiro atoms. The molecule has 0 aliphatic carbocycles. The molecule has 42 valence electrons. The first-order valence-corrected chi connectivity index (χ1v) is 2.27. The van der Waals surface area contributed by atoms with E-state index in [0.29, 0.717) is 0 Å². The molecule has 0 radical (unpaired) electrons. The van der Waals surface area contributed by atoms with Crippen molar-refractivity contribution in [3.63, 3.8) is 0 Å². The standard InChI is InChI=1S/C4H8ClNO.Li/c1-6(2)4(7)3-5;/h3,7H,1-2H3;/q;+1/p-1/b4-3+;. The Bertz CT molecular complexity index is 84.1. The van der Waals surface area contributed by atoms with Crippen LogP contribution in [-0.4, -0.2) is 19.0 Å². The molecule has 8 heavy (non-hydrogen) atoms. The van der Waals surface area contributed by atoms with E-state index in [1.807, 2.05) is 0 Å². The van der Waals surface area contributed by atoms with Gasteiger partial charge in [-0.2, -0.15) is 0 Å². The second-order valence-corrected chi connectivity index (χ2v) is 1.56. The summed E-state index contributed by atoms with van der Waals surface area (Å²) >= 11 is 5.03. The topological polar surface area (TPSA) is 26.3 Å². The predicted molar refractivity (Wildman–Crippen MR) is 27.6 cm³/mol. The zero-order valence-corrected chi connectivity index (χ0v) is 6.07. The Morgan fingerprint density at radius 1 is 1.62 bits per heavy atom. The molecule has 0 aromatic carbocycles. The minimum atomic E-state index is -0.179. The smallest absolute Gasteiger partial charge is 0.860 e. The molecule has 0 saturated carbocycles. The van der Waals surface area contributed by atoms with Gasteiger partial charge in [0.25, 0.3) is 0 Å². The minimum Gasteiger partial charge on any atom is -0.860 e.